The number of amides is 1. The van der Waals surface area contributed by atoms with E-state index in [1.54, 1.807) is 24.3 Å². The lowest BCUT2D eigenvalue weighted by Crippen LogP contribution is -2.24. The Morgan fingerprint density at radius 3 is 2.42 bits per heavy atom. The highest BCUT2D eigenvalue weighted by Crippen LogP contribution is 2.28. The van der Waals surface area contributed by atoms with Crippen molar-refractivity contribution in [3.8, 4) is 17.2 Å². The number of carbonyl (C=O) groups excluding carboxylic acids is 2. The van der Waals surface area contributed by atoms with Crippen LogP contribution in [-0.4, -0.2) is 39.3 Å². The van der Waals surface area contributed by atoms with E-state index in [1.807, 2.05) is 25.1 Å². The van der Waals surface area contributed by atoms with Crippen LogP contribution in [0.25, 0.3) is 0 Å². The molecule has 0 aromatic heterocycles. The molecule has 7 heteroatoms. The second-order valence-electron chi connectivity index (χ2n) is 5.33. The third-order valence-electron chi connectivity index (χ3n) is 3.49. The zero-order valence-electron chi connectivity index (χ0n) is 14.9. The molecule has 0 saturated carbocycles. The van der Waals surface area contributed by atoms with E-state index >= 15 is 0 Å². The number of benzene rings is 2. The summed E-state index contributed by atoms with van der Waals surface area (Å²) >= 11 is 0. The van der Waals surface area contributed by atoms with Crippen molar-refractivity contribution in [3.63, 3.8) is 0 Å². The summed E-state index contributed by atoms with van der Waals surface area (Å²) < 4.78 is 20.6. The molecule has 1 amide bonds. The molecule has 2 aromatic rings. The Morgan fingerprint density at radius 1 is 0.962 bits per heavy atom. The molecule has 0 saturated heterocycles. The second-order valence-corrected chi connectivity index (χ2v) is 5.33. The number of hydrogen-bond donors (Lipinski definition) is 1. The molecule has 0 radical (unpaired) electrons. The van der Waals surface area contributed by atoms with Crippen LogP contribution in [0.2, 0.25) is 0 Å². The third-order valence-corrected chi connectivity index (χ3v) is 3.49. The molecule has 0 spiro atoms. The summed E-state index contributed by atoms with van der Waals surface area (Å²) in [5, 5.41) is 2.61. The molecule has 0 aliphatic carbocycles. The largest absolute Gasteiger partial charge is 0.497 e. The Kier molecular flexibility index (Phi) is 6.84. The predicted octanol–water partition coefficient (Wildman–Crippen LogP) is 2.57. The minimum absolute atomic E-state index is 0.274. The number of esters is 1. The van der Waals surface area contributed by atoms with Gasteiger partial charge in [-0.1, -0.05) is 18.2 Å². The topological polar surface area (TPSA) is 83.1 Å². The highest BCUT2D eigenvalue weighted by Gasteiger charge is 2.12. The van der Waals surface area contributed by atoms with E-state index in [1.165, 1.54) is 14.2 Å². The summed E-state index contributed by atoms with van der Waals surface area (Å²) in [6.45, 7) is 1.17. The van der Waals surface area contributed by atoms with Crippen LogP contribution in [0.4, 0.5) is 5.69 Å². The van der Waals surface area contributed by atoms with E-state index < -0.39 is 18.5 Å². The second kappa shape index (κ2) is 9.31. The average Bonchev–Trinajstić information content (AvgIpc) is 2.66. The lowest BCUT2D eigenvalue weighted by atomic mass is 10.2. The highest BCUT2D eigenvalue weighted by molar-refractivity contribution is 5.94. The third kappa shape index (κ3) is 5.41. The van der Waals surface area contributed by atoms with Gasteiger partial charge >= 0.3 is 5.97 Å². The summed E-state index contributed by atoms with van der Waals surface area (Å²) in [4.78, 5) is 23.7. The minimum Gasteiger partial charge on any atom is -0.497 e. The van der Waals surface area contributed by atoms with Crippen LogP contribution in [0.15, 0.2) is 42.5 Å². The Balaban J connectivity index is 1.81. The molecule has 26 heavy (non-hydrogen) atoms. The Bertz CT molecular complexity index is 774. The smallest absolute Gasteiger partial charge is 0.344 e. The van der Waals surface area contributed by atoms with Crippen molar-refractivity contribution in [3.05, 3.63) is 48.0 Å². The van der Waals surface area contributed by atoms with Gasteiger partial charge in [-0.2, -0.15) is 0 Å². The van der Waals surface area contributed by atoms with E-state index in [-0.39, 0.29) is 6.61 Å². The molecule has 2 rings (SSSR count). The Hall–Kier alpha value is -3.22. The van der Waals surface area contributed by atoms with Crippen LogP contribution in [0, 0.1) is 6.92 Å². The molecule has 0 heterocycles. The molecule has 7 nitrogen and oxygen atoms in total. The monoisotopic (exact) mass is 359 g/mol. The van der Waals surface area contributed by atoms with Crippen molar-refractivity contribution in [2.75, 3.05) is 32.8 Å². The van der Waals surface area contributed by atoms with Gasteiger partial charge < -0.3 is 24.3 Å². The number of ether oxygens (including phenoxy) is 4. The van der Waals surface area contributed by atoms with Gasteiger partial charge in [-0.05, 0) is 30.7 Å². The first kappa shape index (κ1) is 19.1. The van der Waals surface area contributed by atoms with Crippen LogP contribution in [0.1, 0.15) is 5.56 Å². The van der Waals surface area contributed by atoms with Gasteiger partial charge in [0.15, 0.2) is 13.2 Å². The molecule has 138 valence electrons. The van der Waals surface area contributed by atoms with Crippen LogP contribution < -0.4 is 19.5 Å². The maximum atomic E-state index is 12.0. The first-order valence-corrected chi connectivity index (χ1v) is 7.89. The van der Waals surface area contributed by atoms with Crippen LogP contribution in [-0.2, 0) is 14.3 Å². The average molecular weight is 359 g/mol. The standard InChI is InChI=1S/C19H21NO6/c1-13-6-4-5-7-16(13)25-12-19(22)26-11-18(21)20-15-9-8-14(23-2)10-17(15)24-3/h4-10H,11-12H2,1-3H3,(H,20,21). The van der Waals surface area contributed by atoms with Gasteiger partial charge in [0, 0.05) is 6.07 Å². The zero-order chi connectivity index (χ0) is 18.9. The number of carbonyl (C=O) groups is 2. The van der Waals surface area contributed by atoms with Crippen LogP contribution in [0.3, 0.4) is 0 Å². The number of para-hydroxylation sites is 1. The molecule has 0 aliphatic heterocycles. The minimum atomic E-state index is -0.634. The lowest BCUT2D eigenvalue weighted by molar-refractivity contribution is -0.149. The van der Waals surface area contributed by atoms with Gasteiger partial charge in [-0.15, -0.1) is 0 Å². The molecular weight excluding hydrogens is 338 g/mol. The fourth-order valence-corrected chi connectivity index (χ4v) is 2.13. The summed E-state index contributed by atoms with van der Waals surface area (Å²) in [5.74, 6) is 0.506. The van der Waals surface area contributed by atoms with Gasteiger partial charge in [0.05, 0.1) is 19.9 Å². The van der Waals surface area contributed by atoms with Crippen LogP contribution in [0.5, 0.6) is 17.2 Å². The molecule has 0 fully saturated rings. The Labute approximate surface area is 151 Å². The van der Waals surface area contributed by atoms with E-state index in [0.29, 0.717) is 22.9 Å². The van der Waals surface area contributed by atoms with Crippen molar-refractivity contribution in [2.45, 2.75) is 6.92 Å². The van der Waals surface area contributed by atoms with E-state index in [4.69, 9.17) is 18.9 Å². The van der Waals surface area contributed by atoms with Crippen LogP contribution >= 0.6 is 0 Å². The van der Waals surface area contributed by atoms with Gasteiger partial charge in [0.1, 0.15) is 17.2 Å². The lowest BCUT2D eigenvalue weighted by Gasteiger charge is -2.12. The van der Waals surface area contributed by atoms with Gasteiger partial charge in [-0.3, -0.25) is 4.79 Å². The molecule has 0 aliphatic rings. The Morgan fingerprint density at radius 2 is 1.73 bits per heavy atom. The van der Waals surface area contributed by atoms with E-state index in [2.05, 4.69) is 5.32 Å². The predicted molar refractivity (Wildman–Crippen MR) is 95.8 cm³/mol. The van der Waals surface area contributed by atoms with Crippen molar-refractivity contribution < 1.29 is 28.5 Å². The highest BCUT2D eigenvalue weighted by atomic mass is 16.6. The quantitative estimate of drug-likeness (QED) is 0.730. The van der Waals surface area contributed by atoms with E-state index in [0.717, 1.165) is 5.56 Å². The summed E-state index contributed by atoms with van der Waals surface area (Å²) in [7, 11) is 3.01. The van der Waals surface area contributed by atoms with Crippen molar-refractivity contribution in [1.29, 1.82) is 0 Å². The van der Waals surface area contributed by atoms with Gasteiger partial charge in [-0.25, -0.2) is 4.79 Å². The number of methoxy groups -OCH3 is 2. The zero-order valence-corrected chi connectivity index (χ0v) is 14.9. The number of aryl methyl sites for hydroxylation is 1. The number of nitrogens with one attached hydrogen (secondary N) is 1. The van der Waals surface area contributed by atoms with Crippen molar-refractivity contribution >= 4 is 17.6 Å². The molecule has 0 bridgehead atoms. The normalized spacial score (nSPS) is 9.96. The maximum absolute atomic E-state index is 12.0. The summed E-state index contributed by atoms with van der Waals surface area (Å²) in [5.41, 5.74) is 1.36. The SMILES string of the molecule is COc1ccc(NC(=O)COC(=O)COc2ccccc2C)c(OC)c1. The number of hydrogen-bond acceptors (Lipinski definition) is 6. The van der Waals surface area contributed by atoms with Crippen molar-refractivity contribution in [1.82, 2.24) is 0 Å². The number of anilines is 1. The van der Waals surface area contributed by atoms with E-state index in [9.17, 15) is 9.59 Å². The number of rotatable bonds is 8. The molecule has 0 atom stereocenters. The van der Waals surface area contributed by atoms with Gasteiger partial charge in [0.2, 0.25) is 0 Å². The molecule has 0 unspecified atom stereocenters. The van der Waals surface area contributed by atoms with Gasteiger partial charge in [0.25, 0.3) is 5.91 Å². The first-order valence-electron chi connectivity index (χ1n) is 7.89. The fraction of sp³-hybridized carbons (Fsp3) is 0.263. The van der Waals surface area contributed by atoms with Crippen molar-refractivity contribution in [2.24, 2.45) is 0 Å². The summed E-state index contributed by atoms with van der Waals surface area (Å²) in [6.07, 6.45) is 0. The fourth-order valence-electron chi connectivity index (χ4n) is 2.13. The first-order chi connectivity index (χ1) is 12.5. The molecule has 2 aromatic carbocycles. The molecular formula is C19H21NO6. The molecule has 1 N–H and O–H groups in total. The maximum Gasteiger partial charge on any atom is 0.344 e. The summed E-state index contributed by atoms with van der Waals surface area (Å²) in [6, 6.07) is 12.3.